The lowest BCUT2D eigenvalue weighted by atomic mass is 10.1. The van der Waals surface area contributed by atoms with Gasteiger partial charge >= 0.3 is 0 Å². The van der Waals surface area contributed by atoms with E-state index in [9.17, 15) is 8.42 Å². The number of aryl methyl sites for hydroxylation is 2. The monoisotopic (exact) mass is 493 g/mol. The van der Waals surface area contributed by atoms with E-state index >= 15 is 0 Å². The number of sulfonamides is 1. The number of nitrogens with zero attached hydrogens (tertiary/aromatic N) is 3. The van der Waals surface area contributed by atoms with Gasteiger partial charge in [0.15, 0.2) is 4.90 Å². The van der Waals surface area contributed by atoms with Crippen LogP contribution in [-0.4, -0.2) is 30.5 Å². The molecule has 3 heterocycles. The number of benzene rings is 1. The van der Waals surface area contributed by atoms with Gasteiger partial charge in [-0.05, 0) is 43.2 Å². The van der Waals surface area contributed by atoms with E-state index in [2.05, 4.69) is 31.6 Å². The molecule has 0 radical (unpaired) electrons. The molecule has 0 amide bonds. The van der Waals surface area contributed by atoms with Crippen LogP contribution < -0.4 is 14.8 Å². The first-order chi connectivity index (χ1) is 16.3. The second-order valence-electron chi connectivity index (χ2n) is 7.48. The predicted molar refractivity (Wildman–Crippen MR) is 136 cm³/mol. The van der Waals surface area contributed by atoms with E-state index < -0.39 is 10.0 Å². The maximum Gasteiger partial charge on any atom is 0.267 e. The number of hydrogen-bond acceptors (Lipinski definition) is 8. The molecular weight excluding hydrogens is 470 g/mol. The van der Waals surface area contributed by atoms with E-state index in [-0.39, 0.29) is 10.8 Å². The van der Waals surface area contributed by atoms with E-state index in [4.69, 9.17) is 4.74 Å². The average Bonchev–Trinajstić information content (AvgIpc) is 3.33. The number of ether oxygens (including phenoxy) is 1. The summed E-state index contributed by atoms with van der Waals surface area (Å²) in [5.41, 5.74) is 4.69. The third kappa shape index (κ3) is 4.92. The van der Waals surface area contributed by atoms with E-state index in [0.717, 1.165) is 21.7 Å². The maximum absolute atomic E-state index is 13.3. The van der Waals surface area contributed by atoms with Crippen LogP contribution in [0.15, 0.2) is 71.8 Å². The second kappa shape index (κ2) is 9.62. The van der Waals surface area contributed by atoms with Crippen LogP contribution in [0.25, 0.3) is 16.3 Å². The molecule has 0 aliphatic heterocycles. The van der Waals surface area contributed by atoms with Crippen molar-refractivity contribution in [3.8, 4) is 16.5 Å². The second-order valence-corrected chi connectivity index (χ2v) is 9.99. The van der Waals surface area contributed by atoms with Gasteiger partial charge in [-0.3, -0.25) is 9.71 Å². The lowest BCUT2D eigenvalue weighted by molar-refractivity contribution is 0.385. The molecule has 0 aliphatic carbocycles. The number of thiazole rings is 1. The van der Waals surface area contributed by atoms with Crippen LogP contribution in [0.2, 0.25) is 0 Å². The van der Waals surface area contributed by atoms with Crippen LogP contribution in [0.3, 0.4) is 0 Å². The summed E-state index contributed by atoms with van der Waals surface area (Å²) in [7, 11) is -2.61. The van der Waals surface area contributed by atoms with E-state index in [1.807, 2.05) is 49.6 Å². The Hall–Kier alpha value is -3.76. The molecule has 4 aromatic rings. The molecule has 174 valence electrons. The summed E-state index contributed by atoms with van der Waals surface area (Å²) in [5, 5.41) is 5.81. The number of methoxy groups -OCH3 is 1. The van der Waals surface area contributed by atoms with Crippen molar-refractivity contribution >= 4 is 38.4 Å². The first-order valence-corrected chi connectivity index (χ1v) is 12.6. The maximum atomic E-state index is 13.3. The van der Waals surface area contributed by atoms with Gasteiger partial charge in [-0.25, -0.2) is 18.4 Å². The zero-order valence-corrected chi connectivity index (χ0v) is 20.5. The van der Waals surface area contributed by atoms with Crippen molar-refractivity contribution in [2.75, 3.05) is 17.1 Å². The number of pyridine rings is 2. The number of hydrogen-bond donors (Lipinski definition) is 2. The fourth-order valence-corrected chi connectivity index (χ4v) is 5.48. The van der Waals surface area contributed by atoms with Crippen LogP contribution in [0, 0.1) is 13.8 Å². The van der Waals surface area contributed by atoms with Crippen LogP contribution in [0.5, 0.6) is 5.88 Å². The molecule has 0 atom stereocenters. The summed E-state index contributed by atoms with van der Waals surface area (Å²) >= 11 is 1.48. The Morgan fingerprint density at radius 2 is 1.82 bits per heavy atom. The molecule has 0 unspecified atom stereocenters. The SMILES string of the molecule is C=C(Nc1cnc(OC)c(S(=O)(=O)Nc2c(C)cccc2C)c1)c1csc(-c2ccncc2)n1. The van der Waals surface area contributed by atoms with E-state index in [1.54, 1.807) is 12.4 Å². The number of anilines is 2. The molecular formula is C24H23N5O3S2. The fourth-order valence-electron chi connectivity index (χ4n) is 3.29. The van der Waals surface area contributed by atoms with Crippen molar-refractivity contribution in [2.45, 2.75) is 18.7 Å². The molecule has 4 rings (SSSR count). The molecule has 0 aliphatic rings. The highest BCUT2D eigenvalue weighted by molar-refractivity contribution is 7.92. The number of aromatic nitrogens is 3. The molecule has 2 N–H and O–H groups in total. The van der Waals surface area contributed by atoms with Crippen LogP contribution in [0.4, 0.5) is 11.4 Å². The highest BCUT2D eigenvalue weighted by Crippen LogP contribution is 2.31. The van der Waals surface area contributed by atoms with E-state index in [0.29, 0.717) is 22.8 Å². The minimum absolute atomic E-state index is 0.0106. The first-order valence-electron chi connectivity index (χ1n) is 10.2. The van der Waals surface area contributed by atoms with Crippen molar-refractivity contribution in [3.05, 3.63) is 83.8 Å². The van der Waals surface area contributed by atoms with Gasteiger partial charge in [0.1, 0.15) is 5.01 Å². The van der Waals surface area contributed by atoms with Gasteiger partial charge < -0.3 is 10.1 Å². The molecule has 1 aromatic carbocycles. The Morgan fingerprint density at radius 3 is 2.50 bits per heavy atom. The standard InChI is InChI=1S/C24H23N5O3S2/c1-15-6-5-7-16(2)22(15)29-34(30,31)21-12-19(13-26-23(21)32-4)27-17(3)20-14-33-24(28-20)18-8-10-25-11-9-18/h5-14,27,29H,3H2,1-2,4H3. The van der Waals surface area contributed by atoms with Crippen LogP contribution in [0.1, 0.15) is 16.8 Å². The molecule has 10 heteroatoms. The summed E-state index contributed by atoms with van der Waals surface area (Å²) in [6.07, 6.45) is 4.90. The summed E-state index contributed by atoms with van der Waals surface area (Å²) < 4.78 is 34.4. The molecule has 0 spiro atoms. The third-order valence-electron chi connectivity index (χ3n) is 5.05. The molecule has 0 saturated heterocycles. The first kappa shape index (κ1) is 23.4. The Kier molecular flexibility index (Phi) is 6.62. The topological polar surface area (TPSA) is 106 Å². The Bertz CT molecular complexity index is 1430. The number of nitrogens with one attached hydrogen (secondary N) is 2. The van der Waals surface area contributed by atoms with Gasteiger partial charge in [0.2, 0.25) is 5.88 Å². The normalized spacial score (nSPS) is 11.1. The quantitative estimate of drug-likeness (QED) is 0.351. The van der Waals surface area contributed by atoms with Crippen molar-refractivity contribution in [1.82, 2.24) is 15.0 Å². The highest BCUT2D eigenvalue weighted by atomic mass is 32.2. The van der Waals surface area contributed by atoms with Gasteiger partial charge in [-0.1, -0.05) is 24.8 Å². The Morgan fingerprint density at radius 1 is 1.12 bits per heavy atom. The molecule has 3 aromatic heterocycles. The van der Waals surface area contributed by atoms with Crippen LogP contribution >= 0.6 is 11.3 Å². The van der Waals surface area contributed by atoms with Crippen molar-refractivity contribution in [3.63, 3.8) is 0 Å². The smallest absolute Gasteiger partial charge is 0.267 e. The Balaban J connectivity index is 1.60. The summed E-state index contributed by atoms with van der Waals surface area (Å²) in [5.74, 6) is -0.0106. The van der Waals surface area contributed by atoms with Gasteiger partial charge in [0.05, 0.1) is 36.1 Å². The Labute approximate surface area is 202 Å². The van der Waals surface area contributed by atoms with Gasteiger partial charge in [0.25, 0.3) is 10.0 Å². The minimum Gasteiger partial charge on any atom is -0.480 e. The highest BCUT2D eigenvalue weighted by Gasteiger charge is 2.23. The lowest BCUT2D eigenvalue weighted by Gasteiger charge is -2.16. The van der Waals surface area contributed by atoms with Gasteiger partial charge in [-0.2, -0.15) is 0 Å². The zero-order chi connectivity index (χ0) is 24.3. The van der Waals surface area contributed by atoms with Crippen molar-refractivity contribution < 1.29 is 13.2 Å². The lowest BCUT2D eigenvalue weighted by Crippen LogP contribution is -2.16. The zero-order valence-electron chi connectivity index (χ0n) is 18.9. The van der Waals surface area contributed by atoms with Gasteiger partial charge in [-0.15, -0.1) is 11.3 Å². The summed E-state index contributed by atoms with van der Waals surface area (Å²) in [6, 6.07) is 10.8. The van der Waals surface area contributed by atoms with Crippen LogP contribution in [-0.2, 0) is 10.0 Å². The number of para-hydroxylation sites is 1. The summed E-state index contributed by atoms with van der Waals surface area (Å²) in [4.78, 5) is 12.7. The van der Waals surface area contributed by atoms with Crippen molar-refractivity contribution in [2.24, 2.45) is 0 Å². The number of rotatable bonds is 8. The largest absolute Gasteiger partial charge is 0.480 e. The molecule has 0 saturated carbocycles. The molecule has 8 nitrogen and oxygen atoms in total. The molecule has 0 fully saturated rings. The predicted octanol–water partition coefficient (Wildman–Crippen LogP) is 5.11. The third-order valence-corrected chi connectivity index (χ3v) is 7.29. The molecule has 0 bridgehead atoms. The minimum atomic E-state index is -3.98. The summed E-state index contributed by atoms with van der Waals surface area (Å²) in [6.45, 7) is 7.74. The van der Waals surface area contributed by atoms with E-state index in [1.165, 1.54) is 30.7 Å². The average molecular weight is 494 g/mol. The fraction of sp³-hybridized carbons (Fsp3) is 0.125. The van der Waals surface area contributed by atoms with Gasteiger partial charge in [0, 0.05) is 23.3 Å². The van der Waals surface area contributed by atoms with Crippen molar-refractivity contribution in [1.29, 1.82) is 0 Å². The molecule has 34 heavy (non-hydrogen) atoms.